The van der Waals surface area contributed by atoms with Crippen molar-refractivity contribution >= 4 is 218 Å². The maximum Gasteiger partial charge on any atom is 0.135 e. The van der Waals surface area contributed by atoms with Crippen molar-refractivity contribution < 1.29 is 4.42 Å². The predicted molar refractivity (Wildman–Crippen MR) is 507 cm³/mol. The third-order valence-electron chi connectivity index (χ3n) is 24.1. The summed E-state index contributed by atoms with van der Waals surface area (Å²) in [4.78, 5) is 9.83. The van der Waals surface area contributed by atoms with Gasteiger partial charge in [-0.05, 0) is 237 Å². The Morgan fingerprint density at radius 2 is 0.534 bits per heavy atom. The second-order valence-corrected chi connectivity index (χ2v) is 33.3. The van der Waals surface area contributed by atoms with Crippen LogP contribution in [0.1, 0.15) is 22.3 Å². The number of nitrogens with zero attached hydrogens (tertiary/aromatic N) is 4. The van der Waals surface area contributed by atoms with E-state index in [0.717, 1.165) is 90.9 Å². The van der Waals surface area contributed by atoms with Crippen molar-refractivity contribution in [1.29, 1.82) is 0 Å². The van der Waals surface area contributed by atoms with Gasteiger partial charge in [0.25, 0.3) is 0 Å². The smallest absolute Gasteiger partial charge is 0.135 e. The number of fused-ring (bicyclic) bond motifs is 22. The summed E-state index contributed by atoms with van der Waals surface area (Å²) >= 11 is 3.72. The molecule has 0 N–H and O–H groups in total. The van der Waals surface area contributed by atoms with Crippen LogP contribution >= 0.6 is 22.7 Å². The van der Waals surface area contributed by atoms with Gasteiger partial charge >= 0.3 is 0 Å². The zero-order valence-electron chi connectivity index (χ0n) is 64.8. The molecule has 0 saturated carbocycles. The quantitative estimate of drug-likeness (QED) is 0.114. The number of thiophene rings is 2. The van der Waals surface area contributed by atoms with Crippen LogP contribution < -0.4 is 19.6 Å². The molecule has 0 aliphatic heterocycles. The fourth-order valence-corrected chi connectivity index (χ4v) is 21.0. The molecule has 23 aromatic rings. The Morgan fingerprint density at radius 1 is 0.203 bits per heavy atom. The van der Waals surface area contributed by atoms with Crippen molar-refractivity contribution in [2.45, 2.75) is 20.3 Å². The molecule has 0 fully saturated rings. The van der Waals surface area contributed by atoms with E-state index in [1.807, 2.05) is 22.7 Å². The molecule has 118 heavy (non-hydrogen) atoms. The number of benzene rings is 20. The lowest BCUT2D eigenvalue weighted by atomic mass is 9.93. The van der Waals surface area contributed by atoms with Gasteiger partial charge in [-0.1, -0.05) is 254 Å². The van der Waals surface area contributed by atoms with Crippen LogP contribution in [0, 0.1) is 13.8 Å². The second-order valence-electron chi connectivity index (χ2n) is 31.1. The van der Waals surface area contributed by atoms with Crippen LogP contribution in [0.2, 0.25) is 0 Å². The molecular formula is C111H74N4OS2. The first-order valence-electron chi connectivity index (χ1n) is 40.5. The Bertz CT molecular complexity index is 7730. The molecule has 20 aromatic carbocycles. The summed E-state index contributed by atoms with van der Waals surface area (Å²) in [5.41, 5.74) is 23.4. The molecule has 1 aliphatic rings. The lowest BCUT2D eigenvalue weighted by molar-refractivity contribution is 0.669. The van der Waals surface area contributed by atoms with Crippen LogP contribution in [0.25, 0.3) is 138 Å². The normalized spacial score (nSPS) is 11.9. The fourth-order valence-electron chi connectivity index (χ4n) is 18.8. The Labute approximate surface area is 690 Å². The van der Waals surface area contributed by atoms with Crippen molar-refractivity contribution in [3.63, 3.8) is 0 Å². The van der Waals surface area contributed by atoms with Gasteiger partial charge in [0.1, 0.15) is 11.2 Å². The largest absolute Gasteiger partial charge is 0.456 e. The van der Waals surface area contributed by atoms with Gasteiger partial charge in [-0.3, -0.25) is 0 Å². The van der Waals surface area contributed by atoms with Gasteiger partial charge in [0.2, 0.25) is 0 Å². The predicted octanol–water partition coefficient (Wildman–Crippen LogP) is 33.0. The molecule has 1 aliphatic carbocycles. The first-order chi connectivity index (χ1) is 58.3. The highest BCUT2D eigenvalue weighted by atomic mass is 32.1. The summed E-state index contributed by atoms with van der Waals surface area (Å²) < 4.78 is 11.6. The van der Waals surface area contributed by atoms with Crippen molar-refractivity contribution in [2.24, 2.45) is 0 Å². The second kappa shape index (κ2) is 28.1. The third kappa shape index (κ3) is 11.5. The van der Waals surface area contributed by atoms with Gasteiger partial charge in [-0.25, -0.2) is 0 Å². The van der Waals surface area contributed by atoms with E-state index in [1.54, 1.807) is 0 Å². The number of rotatable bonds is 12. The molecule has 0 amide bonds. The molecule has 3 aromatic heterocycles. The molecule has 0 saturated heterocycles. The van der Waals surface area contributed by atoms with Gasteiger partial charge < -0.3 is 24.0 Å². The highest BCUT2D eigenvalue weighted by Crippen LogP contribution is 2.54. The average Bonchev–Trinajstić information content (AvgIpc) is 0.940. The third-order valence-corrected chi connectivity index (χ3v) is 26.4. The zero-order chi connectivity index (χ0) is 78.1. The van der Waals surface area contributed by atoms with Gasteiger partial charge in [0.05, 0.1) is 28.4 Å². The van der Waals surface area contributed by atoms with E-state index in [1.165, 1.54) is 144 Å². The van der Waals surface area contributed by atoms with E-state index < -0.39 is 0 Å². The van der Waals surface area contributed by atoms with Crippen LogP contribution in [-0.4, -0.2) is 0 Å². The topological polar surface area (TPSA) is 26.1 Å². The first-order valence-corrected chi connectivity index (χ1v) is 42.1. The fraction of sp³-hybridized carbons (Fsp3) is 0.0270. The Morgan fingerprint density at radius 3 is 0.975 bits per heavy atom. The van der Waals surface area contributed by atoms with Crippen molar-refractivity contribution in [3.05, 3.63) is 423 Å². The van der Waals surface area contributed by atoms with Gasteiger partial charge in [-0.2, -0.15) is 0 Å². The van der Waals surface area contributed by atoms with E-state index in [-0.39, 0.29) is 0 Å². The summed E-state index contributed by atoms with van der Waals surface area (Å²) in [5, 5.41) is 21.9. The molecule has 5 nitrogen and oxygen atoms in total. The van der Waals surface area contributed by atoms with E-state index in [2.05, 4.69) is 434 Å². The summed E-state index contributed by atoms with van der Waals surface area (Å²) in [6, 6.07) is 147. The minimum Gasteiger partial charge on any atom is -0.456 e. The highest BCUT2D eigenvalue weighted by molar-refractivity contribution is 7.26. The number of aryl methyl sites for hydroxylation is 2. The molecule has 3 heterocycles. The number of hydrogen-bond donors (Lipinski definition) is 0. The molecule has 0 radical (unpaired) electrons. The lowest BCUT2D eigenvalue weighted by Crippen LogP contribution is -2.13. The average molecular weight is 1540 g/mol. The molecule has 0 spiro atoms. The summed E-state index contributed by atoms with van der Waals surface area (Å²) in [5.74, 6) is 0. The molecule has 7 heteroatoms. The molecule has 0 bridgehead atoms. The molecule has 24 rings (SSSR count). The number of para-hydroxylation sites is 4. The van der Waals surface area contributed by atoms with Crippen LogP contribution in [0.4, 0.5) is 68.2 Å². The SMILES string of the molecule is Cc1ccc2c(c1)Cc1c-2cccc1N(c1ccccc1)c1cc2c3ccccc3c(N(c3ccccc3)c3ccc4oc5ccc(C)cc5c4c3)cc2c2ccccc12.c1ccc(N(c2ccc3sc4ccccc4c3c2)c2cc3c4ccccc4c(N(c4ccccc4)c4ccc5sc6ccccc6c5c4)cc3c3ccccc23)cc1. The Balaban J connectivity index is 0.000000138. The van der Waals surface area contributed by atoms with Crippen molar-refractivity contribution in [3.8, 4) is 11.1 Å². The van der Waals surface area contributed by atoms with E-state index in [9.17, 15) is 0 Å². The first kappa shape index (κ1) is 68.9. The van der Waals surface area contributed by atoms with E-state index in [4.69, 9.17) is 4.42 Å². The number of anilines is 12. The minimum absolute atomic E-state index is 0.889. The van der Waals surface area contributed by atoms with Crippen LogP contribution in [0.5, 0.6) is 0 Å². The molecular weight excluding hydrogens is 1470 g/mol. The van der Waals surface area contributed by atoms with Crippen molar-refractivity contribution in [2.75, 3.05) is 19.6 Å². The van der Waals surface area contributed by atoms with Gasteiger partial charge in [0, 0.05) is 119 Å². The standard InChI is InChI=1S/C57H40N2O.C54H34N2S2/c1-36-24-27-42-38(30-36)32-50-43(42)22-13-23-53(50)59(40-16-7-4-8-17-40)55-35-49-44-18-9-11-20-46(44)54(34-48(49)45-19-10-12-21-47(45)55)58(39-14-5-3-6-15-39)41-26-29-57-52(33-41)51-31-37(2)25-28-56(51)60-57;1-3-15-35(16-4-1)55(37-27-29-53-47(31-37)43-23-11-13-25-51(43)57-53)49-33-45-40-20-8-10-22-42(40)50(34-46(45)39-19-7-9-21-41(39)49)56(36-17-5-2-6-18-36)38-28-30-54-48(32-38)44-24-12-14-26-52(44)58-54/h3-31,33-35H,32H2,1-2H3;1-34H. The molecule has 0 atom stereocenters. The number of furan rings is 1. The summed E-state index contributed by atoms with van der Waals surface area (Å²) in [7, 11) is 0. The van der Waals surface area contributed by atoms with Crippen LogP contribution in [-0.2, 0) is 6.42 Å². The monoisotopic (exact) mass is 1540 g/mol. The minimum atomic E-state index is 0.889. The summed E-state index contributed by atoms with van der Waals surface area (Å²) in [6.07, 6.45) is 0.902. The number of hydrogen-bond acceptors (Lipinski definition) is 7. The zero-order valence-corrected chi connectivity index (χ0v) is 66.5. The van der Waals surface area contributed by atoms with E-state index in [0.29, 0.717) is 0 Å². The highest BCUT2D eigenvalue weighted by Gasteiger charge is 2.30. The van der Waals surface area contributed by atoms with Gasteiger partial charge in [0.15, 0.2) is 0 Å². The Kier molecular flexibility index (Phi) is 16.4. The Hall–Kier alpha value is -14.6. The molecule has 556 valence electrons. The maximum absolute atomic E-state index is 6.35. The van der Waals surface area contributed by atoms with Crippen LogP contribution in [0.15, 0.2) is 405 Å². The van der Waals surface area contributed by atoms with Crippen molar-refractivity contribution in [1.82, 2.24) is 0 Å². The van der Waals surface area contributed by atoms with E-state index >= 15 is 0 Å². The van der Waals surface area contributed by atoms with Gasteiger partial charge in [-0.15, -0.1) is 22.7 Å². The summed E-state index contributed by atoms with van der Waals surface area (Å²) in [6.45, 7) is 4.33. The van der Waals surface area contributed by atoms with Crippen LogP contribution in [0.3, 0.4) is 0 Å². The molecule has 0 unspecified atom stereocenters. The lowest BCUT2D eigenvalue weighted by Gasteiger charge is -2.30. The maximum atomic E-state index is 6.35.